The molecule has 0 aromatic heterocycles. The predicted molar refractivity (Wildman–Crippen MR) is 175 cm³/mol. The molecule has 0 spiro atoms. The number of nitrogens with two attached hydrogens (primary N) is 1. The number of hydrogen-bond donors (Lipinski definition) is 3. The van der Waals surface area contributed by atoms with Crippen LogP contribution in [-0.4, -0.2) is 42.4 Å². The van der Waals surface area contributed by atoms with Gasteiger partial charge >= 0.3 is 0 Å². The molecule has 0 atom stereocenters. The van der Waals surface area contributed by atoms with Crippen molar-refractivity contribution < 1.29 is 14.1 Å². The van der Waals surface area contributed by atoms with E-state index in [-0.39, 0.29) is 11.3 Å². The van der Waals surface area contributed by atoms with E-state index in [0.29, 0.717) is 19.5 Å². The smallest absolute Gasteiger partial charge is 0.220 e. The first-order valence-corrected chi connectivity index (χ1v) is 15.4. The summed E-state index contributed by atoms with van der Waals surface area (Å²) in [6.45, 7) is 9.46. The van der Waals surface area contributed by atoms with E-state index in [4.69, 9.17) is 10.5 Å². The molecule has 42 heavy (non-hydrogen) atoms. The molecule has 0 radical (unpaired) electrons. The van der Waals surface area contributed by atoms with Crippen molar-refractivity contribution in [2.45, 2.75) is 64.7 Å². The monoisotopic (exact) mass is 567 g/mol. The van der Waals surface area contributed by atoms with Crippen molar-refractivity contribution >= 4 is 34.8 Å². The van der Waals surface area contributed by atoms with Gasteiger partial charge < -0.3 is 21.1 Å². The van der Waals surface area contributed by atoms with E-state index >= 15 is 0 Å². The maximum Gasteiger partial charge on any atom is 0.220 e. The number of rotatable bonds is 16. The van der Waals surface area contributed by atoms with Gasteiger partial charge in [0.05, 0.1) is 12.0 Å². The highest BCUT2D eigenvalue weighted by Gasteiger charge is 2.44. The number of para-hydroxylation sites is 1. The lowest BCUT2D eigenvalue weighted by molar-refractivity contribution is -0.438. The molecule has 6 heteroatoms. The summed E-state index contributed by atoms with van der Waals surface area (Å²) in [5, 5.41) is 6.43. The molecule has 1 heterocycles. The number of amides is 1. The van der Waals surface area contributed by atoms with Crippen LogP contribution in [0.25, 0.3) is 6.08 Å². The number of unbranched alkanes of at least 4 members (excludes halogenated alkanes) is 3. The van der Waals surface area contributed by atoms with E-state index in [1.54, 1.807) is 0 Å². The molecule has 0 bridgehead atoms. The summed E-state index contributed by atoms with van der Waals surface area (Å²) < 4.78 is 8.32. The minimum Gasteiger partial charge on any atom is -0.494 e. The van der Waals surface area contributed by atoms with Gasteiger partial charge in [0.25, 0.3) is 0 Å². The van der Waals surface area contributed by atoms with Gasteiger partial charge in [-0.1, -0.05) is 43.7 Å². The first-order valence-electron chi connectivity index (χ1n) is 15.4. The Kier molecular flexibility index (Phi) is 11.4. The third-order valence-corrected chi connectivity index (χ3v) is 7.79. The number of hydrogen-bond acceptors (Lipinski definition) is 4. The quantitative estimate of drug-likeness (QED) is 0.125. The normalized spacial score (nSPS) is 13.8. The van der Waals surface area contributed by atoms with Gasteiger partial charge in [-0.25, -0.2) is 0 Å². The molecule has 1 aliphatic heterocycles. The van der Waals surface area contributed by atoms with Crippen LogP contribution >= 0.6 is 0 Å². The van der Waals surface area contributed by atoms with Crippen molar-refractivity contribution in [3.8, 4) is 5.75 Å². The van der Waals surface area contributed by atoms with Crippen LogP contribution in [-0.2, 0) is 10.2 Å². The molecule has 222 valence electrons. The van der Waals surface area contributed by atoms with Gasteiger partial charge in [0.1, 0.15) is 12.3 Å². The summed E-state index contributed by atoms with van der Waals surface area (Å²) in [5.74, 6) is 1.00. The zero-order valence-electron chi connectivity index (χ0n) is 25.5. The Morgan fingerprint density at radius 1 is 0.929 bits per heavy atom. The Morgan fingerprint density at radius 2 is 1.71 bits per heavy atom. The lowest BCUT2D eigenvalue weighted by Crippen LogP contribution is -2.28. The van der Waals surface area contributed by atoms with Crippen molar-refractivity contribution in [2.24, 2.45) is 5.73 Å². The summed E-state index contributed by atoms with van der Waals surface area (Å²) in [6, 6.07) is 25.3. The zero-order valence-corrected chi connectivity index (χ0v) is 25.5. The fourth-order valence-electron chi connectivity index (χ4n) is 5.40. The largest absolute Gasteiger partial charge is 0.494 e. The summed E-state index contributed by atoms with van der Waals surface area (Å²) in [7, 11) is 0. The Morgan fingerprint density at radius 3 is 2.45 bits per heavy atom. The molecule has 1 aliphatic rings. The molecule has 0 unspecified atom stereocenters. The first-order chi connectivity index (χ1) is 20.4. The second kappa shape index (κ2) is 15.4. The van der Waals surface area contributed by atoms with Crippen molar-refractivity contribution in [1.82, 2.24) is 5.32 Å². The summed E-state index contributed by atoms with van der Waals surface area (Å²) >= 11 is 0. The second-order valence-corrected chi connectivity index (χ2v) is 11.4. The Hall–Kier alpha value is -3.90. The van der Waals surface area contributed by atoms with Gasteiger partial charge in [0, 0.05) is 55.0 Å². The Bertz CT molecular complexity index is 1360. The fraction of sp³-hybridized carbons (Fsp3) is 0.389. The number of benzene rings is 3. The fourth-order valence-corrected chi connectivity index (χ4v) is 5.40. The van der Waals surface area contributed by atoms with Crippen LogP contribution in [0, 0.1) is 0 Å². The Balaban J connectivity index is 1.53. The highest BCUT2D eigenvalue weighted by Crippen LogP contribution is 2.42. The molecular weight excluding hydrogens is 520 g/mol. The summed E-state index contributed by atoms with van der Waals surface area (Å²) in [5.41, 5.74) is 12.5. The maximum atomic E-state index is 12.0. The maximum absolute atomic E-state index is 12.0. The molecule has 0 aliphatic carbocycles. The summed E-state index contributed by atoms with van der Waals surface area (Å²) in [4.78, 5) is 12.0. The van der Waals surface area contributed by atoms with Crippen LogP contribution in [0.2, 0.25) is 0 Å². The van der Waals surface area contributed by atoms with Crippen molar-refractivity contribution in [1.29, 1.82) is 0 Å². The second-order valence-electron chi connectivity index (χ2n) is 11.4. The number of carbonyl (C=O) groups is 1. The van der Waals surface area contributed by atoms with E-state index in [1.165, 1.54) is 17.0 Å². The van der Waals surface area contributed by atoms with Gasteiger partial charge in [0.15, 0.2) is 5.71 Å². The van der Waals surface area contributed by atoms with Crippen molar-refractivity contribution in [2.75, 3.05) is 31.6 Å². The van der Waals surface area contributed by atoms with Gasteiger partial charge in [0.2, 0.25) is 11.6 Å². The minimum absolute atomic E-state index is 0.0866. The van der Waals surface area contributed by atoms with Gasteiger partial charge in [-0.05, 0) is 81.1 Å². The molecular formula is C36H47N4O2+. The van der Waals surface area contributed by atoms with E-state index in [1.807, 2.05) is 18.2 Å². The molecule has 4 N–H and O–H groups in total. The lowest BCUT2D eigenvalue weighted by atomic mass is 9.81. The Labute approximate surface area is 251 Å². The molecule has 6 nitrogen and oxygen atoms in total. The standard InChI is InChI=1S/C36H46N4O2/c1-4-5-26-42-31-19-15-28(16-20-31)17-22-34-36(2,3)32-27-30(39-29-12-8-6-9-13-29)18-21-33(32)40(34)25-11-7-10-14-35(41)38-24-23-37/h6,8-9,12-13,15-22,27,39H,4-5,7,10-11,14,23-26,37H2,1-3H3/p+1/b22-17+. The molecule has 0 fully saturated rings. The molecule has 0 saturated carbocycles. The molecule has 3 aromatic rings. The van der Waals surface area contributed by atoms with E-state index in [0.717, 1.165) is 67.9 Å². The SMILES string of the molecule is CCCCOc1ccc(/C=C/C2=[N+](CCCCCC(=O)NCCN)c3ccc(Nc4ccccc4)cc3C2(C)C)cc1. The molecule has 4 rings (SSSR count). The van der Waals surface area contributed by atoms with E-state index in [2.05, 4.69) is 103 Å². The average Bonchev–Trinajstić information content (AvgIpc) is 3.21. The number of nitrogens with one attached hydrogen (secondary N) is 2. The highest BCUT2D eigenvalue weighted by molar-refractivity contribution is 6.05. The van der Waals surface area contributed by atoms with Crippen LogP contribution < -0.4 is 21.1 Å². The number of carbonyl (C=O) groups excluding carboxylic acids is 1. The first kappa shape index (κ1) is 31.0. The molecule has 0 saturated heterocycles. The van der Waals surface area contributed by atoms with Gasteiger partial charge in [-0.3, -0.25) is 4.79 Å². The van der Waals surface area contributed by atoms with Crippen LogP contribution in [0.1, 0.15) is 70.4 Å². The van der Waals surface area contributed by atoms with Crippen molar-refractivity contribution in [3.05, 3.63) is 90.0 Å². The third kappa shape index (κ3) is 8.32. The van der Waals surface area contributed by atoms with Crippen LogP contribution in [0.15, 0.2) is 78.9 Å². The molecule has 3 aromatic carbocycles. The van der Waals surface area contributed by atoms with Crippen LogP contribution in [0.3, 0.4) is 0 Å². The number of fused-ring (bicyclic) bond motifs is 1. The number of anilines is 2. The number of allylic oxidation sites excluding steroid dienone is 1. The van der Waals surface area contributed by atoms with E-state index < -0.39 is 0 Å². The molecule has 1 amide bonds. The zero-order chi connectivity index (χ0) is 29.8. The predicted octanol–water partition coefficient (Wildman–Crippen LogP) is 7.33. The van der Waals surface area contributed by atoms with E-state index in [9.17, 15) is 4.79 Å². The van der Waals surface area contributed by atoms with Gasteiger partial charge in [-0.2, -0.15) is 4.58 Å². The average molecular weight is 568 g/mol. The lowest BCUT2D eigenvalue weighted by Gasteiger charge is -2.17. The van der Waals surface area contributed by atoms with Gasteiger partial charge in [-0.15, -0.1) is 0 Å². The minimum atomic E-state index is -0.175. The van der Waals surface area contributed by atoms with Crippen LogP contribution in [0.4, 0.5) is 17.1 Å². The number of nitrogens with zero attached hydrogens (tertiary/aromatic N) is 1. The number of ether oxygens (including phenoxy) is 1. The summed E-state index contributed by atoms with van der Waals surface area (Å²) in [6.07, 6.45) is 10.1. The highest BCUT2D eigenvalue weighted by atomic mass is 16.5. The topological polar surface area (TPSA) is 79.4 Å². The van der Waals surface area contributed by atoms with Crippen LogP contribution in [0.5, 0.6) is 5.75 Å². The third-order valence-electron chi connectivity index (χ3n) is 7.79. The van der Waals surface area contributed by atoms with Crippen molar-refractivity contribution in [3.63, 3.8) is 0 Å².